The van der Waals surface area contributed by atoms with Crippen molar-refractivity contribution in [2.45, 2.75) is 33.3 Å². The summed E-state index contributed by atoms with van der Waals surface area (Å²) in [4.78, 5) is 18.2. The van der Waals surface area contributed by atoms with E-state index >= 15 is 0 Å². The number of H-pyrrole nitrogens is 1. The van der Waals surface area contributed by atoms with E-state index in [1.54, 1.807) is 0 Å². The Kier molecular flexibility index (Phi) is 3.83. The number of nitrogens with zero attached hydrogens (tertiary/aromatic N) is 1. The number of hydrogen-bond acceptors (Lipinski definition) is 3. The average molecular weight is 196 g/mol. The van der Waals surface area contributed by atoms with Crippen LogP contribution in [0.25, 0.3) is 0 Å². The van der Waals surface area contributed by atoms with Gasteiger partial charge in [0, 0.05) is 18.4 Å². The van der Waals surface area contributed by atoms with Gasteiger partial charge in [-0.15, -0.1) is 0 Å². The van der Waals surface area contributed by atoms with Crippen molar-refractivity contribution in [3.8, 4) is 0 Å². The van der Waals surface area contributed by atoms with Gasteiger partial charge in [0.25, 0.3) is 5.56 Å². The quantitative estimate of drug-likeness (QED) is 0.792. The highest BCUT2D eigenvalue weighted by Crippen LogP contribution is 2.10. The first-order valence-electron chi connectivity index (χ1n) is 4.89. The first-order valence-corrected chi connectivity index (χ1v) is 4.89. The third-order valence-corrected chi connectivity index (χ3v) is 1.98. The standard InChI is InChI=1S/C10H16N2O2/c1-4-8-6-9(13)12-10(11-8)7(3)14-5-2/h6-7H,4-5H2,1-3H3,(H,11,12,13). The Bertz CT molecular complexity index is 346. The first-order chi connectivity index (χ1) is 6.67. The third-order valence-electron chi connectivity index (χ3n) is 1.98. The predicted octanol–water partition coefficient (Wildman–Crippen LogP) is 1.43. The average Bonchev–Trinajstić information content (AvgIpc) is 2.17. The van der Waals surface area contributed by atoms with Crippen molar-refractivity contribution in [3.63, 3.8) is 0 Å². The molecular weight excluding hydrogens is 180 g/mol. The van der Waals surface area contributed by atoms with E-state index in [2.05, 4.69) is 9.97 Å². The van der Waals surface area contributed by atoms with Crippen molar-refractivity contribution >= 4 is 0 Å². The summed E-state index contributed by atoms with van der Waals surface area (Å²) in [6.07, 6.45) is 0.606. The minimum absolute atomic E-state index is 0.113. The van der Waals surface area contributed by atoms with Crippen molar-refractivity contribution < 1.29 is 4.74 Å². The summed E-state index contributed by atoms with van der Waals surface area (Å²) in [7, 11) is 0. The van der Waals surface area contributed by atoms with Gasteiger partial charge in [-0.05, 0) is 20.3 Å². The van der Waals surface area contributed by atoms with Gasteiger partial charge in [0.2, 0.25) is 0 Å². The normalized spacial score (nSPS) is 12.8. The summed E-state index contributed by atoms with van der Waals surface area (Å²) in [5.41, 5.74) is 0.689. The SMILES string of the molecule is CCOC(C)c1nc(CC)cc(=O)[nH]1. The predicted molar refractivity (Wildman–Crippen MR) is 54.3 cm³/mol. The lowest BCUT2D eigenvalue weighted by Gasteiger charge is -2.10. The van der Waals surface area contributed by atoms with Gasteiger partial charge in [-0.25, -0.2) is 4.98 Å². The lowest BCUT2D eigenvalue weighted by atomic mass is 10.3. The van der Waals surface area contributed by atoms with Crippen molar-refractivity contribution in [2.24, 2.45) is 0 Å². The minimum atomic E-state index is -0.154. The zero-order chi connectivity index (χ0) is 10.6. The minimum Gasteiger partial charge on any atom is -0.371 e. The Morgan fingerprint density at radius 1 is 1.57 bits per heavy atom. The maximum absolute atomic E-state index is 11.2. The second-order valence-corrected chi connectivity index (χ2v) is 3.07. The van der Waals surface area contributed by atoms with E-state index in [0.29, 0.717) is 12.4 Å². The van der Waals surface area contributed by atoms with Gasteiger partial charge in [0.1, 0.15) is 11.9 Å². The van der Waals surface area contributed by atoms with E-state index in [0.717, 1.165) is 12.1 Å². The van der Waals surface area contributed by atoms with Crippen LogP contribution in [-0.2, 0) is 11.2 Å². The van der Waals surface area contributed by atoms with Crippen molar-refractivity contribution in [2.75, 3.05) is 6.61 Å². The molecular formula is C10H16N2O2. The molecule has 0 radical (unpaired) electrons. The number of aryl methyl sites for hydroxylation is 1. The van der Waals surface area contributed by atoms with Crippen LogP contribution >= 0.6 is 0 Å². The molecule has 0 fully saturated rings. The summed E-state index contributed by atoms with van der Waals surface area (Å²) in [5, 5.41) is 0. The van der Waals surface area contributed by atoms with Crippen LogP contribution in [0.2, 0.25) is 0 Å². The number of ether oxygens (including phenoxy) is 1. The summed E-state index contributed by atoms with van der Waals surface area (Å²) in [6, 6.07) is 1.52. The molecule has 0 aliphatic rings. The fourth-order valence-corrected chi connectivity index (χ4v) is 1.23. The van der Waals surface area contributed by atoms with Crippen molar-refractivity contribution in [3.05, 3.63) is 27.9 Å². The third kappa shape index (κ3) is 2.67. The lowest BCUT2D eigenvalue weighted by Crippen LogP contribution is -2.15. The van der Waals surface area contributed by atoms with Crippen LogP contribution in [0.3, 0.4) is 0 Å². The molecule has 78 valence electrons. The molecule has 14 heavy (non-hydrogen) atoms. The Hall–Kier alpha value is -1.16. The van der Waals surface area contributed by atoms with Crippen LogP contribution < -0.4 is 5.56 Å². The molecule has 1 N–H and O–H groups in total. The molecule has 0 amide bonds. The molecule has 1 rings (SSSR count). The molecule has 0 saturated heterocycles. The van der Waals surface area contributed by atoms with E-state index in [-0.39, 0.29) is 11.7 Å². The Morgan fingerprint density at radius 3 is 2.86 bits per heavy atom. The van der Waals surface area contributed by atoms with E-state index in [1.165, 1.54) is 6.07 Å². The summed E-state index contributed by atoms with van der Waals surface area (Å²) < 4.78 is 5.35. The lowest BCUT2D eigenvalue weighted by molar-refractivity contribution is 0.0697. The van der Waals surface area contributed by atoms with E-state index in [9.17, 15) is 4.79 Å². The number of nitrogens with one attached hydrogen (secondary N) is 1. The van der Waals surface area contributed by atoms with Gasteiger partial charge in [0.05, 0.1) is 0 Å². The number of aromatic amines is 1. The maximum atomic E-state index is 11.2. The number of rotatable bonds is 4. The van der Waals surface area contributed by atoms with Gasteiger partial charge in [-0.2, -0.15) is 0 Å². The Labute approximate surface area is 83.3 Å². The first kappa shape index (κ1) is 10.9. The molecule has 4 heteroatoms. The molecule has 0 bridgehead atoms. The molecule has 1 unspecified atom stereocenters. The maximum Gasteiger partial charge on any atom is 0.251 e. The monoisotopic (exact) mass is 196 g/mol. The van der Waals surface area contributed by atoms with Crippen molar-refractivity contribution in [1.82, 2.24) is 9.97 Å². The zero-order valence-corrected chi connectivity index (χ0v) is 8.83. The number of aromatic nitrogens is 2. The highest BCUT2D eigenvalue weighted by molar-refractivity contribution is 5.03. The van der Waals surface area contributed by atoms with E-state index in [4.69, 9.17) is 4.74 Å². The highest BCUT2D eigenvalue weighted by Gasteiger charge is 2.08. The fourth-order valence-electron chi connectivity index (χ4n) is 1.23. The summed E-state index contributed by atoms with van der Waals surface area (Å²) >= 11 is 0. The molecule has 1 heterocycles. The van der Waals surface area contributed by atoms with Gasteiger partial charge in [-0.1, -0.05) is 6.92 Å². The largest absolute Gasteiger partial charge is 0.371 e. The second kappa shape index (κ2) is 4.91. The van der Waals surface area contributed by atoms with Crippen LogP contribution in [-0.4, -0.2) is 16.6 Å². The topological polar surface area (TPSA) is 55.0 Å². The Morgan fingerprint density at radius 2 is 2.29 bits per heavy atom. The van der Waals surface area contributed by atoms with Crippen molar-refractivity contribution in [1.29, 1.82) is 0 Å². The van der Waals surface area contributed by atoms with E-state index < -0.39 is 0 Å². The van der Waals surface area contributed by atoms with Gasteiger partial charge in [-0.3, -0.25) is 4.79 Å². The highest BCUT2D eigenvalue weighted by atomic mass is 16.5. The summed E-state index contributed by atoms with van der Waals surface area (Å²) in [6.45, 7) is 6.37. The molecule has 0 aromatic carbocycles. The van der Waals surface area contributed by atoms with E-state index in [1.807, 2.05) is 20.8 Å². The molecule has 0 saturated carbocycles. The zero-order valence-electron chi connectivity index (χ0n) is 8.83. The smallest absolute Gasteiger partial charge is 0.251 e. The summed E-state index contributed by atoms with van der Waals surface area (Å²) in [5.74, 6) is 0.608. The van der Waals surface area contributed by atoms with Gasteiger partial charge in [0.15, 0.2) is 0 Å². The van der Waals surface area contributed by atoms with Crippen LogP contribution in [0.4, 0.5) is 0 Å². The molecule has 0 aliphatic heterocycles. The molecule has 0 aliphatic carbocycles. The molecule has 1 aromatic heterocycles. The molecule has 0 spiro atoms. The molecule has 1 atom stereocenters. The van der Waals surface area contributed by atoms with Crippen LogP contribution in [0.15, 0.2) is 10.9 Å². The molecule has 1 aromatic rings. The Balaban J connectivity index is 2.96. The second-order valence-electron chi connectivity index (χ2n) is 3.07. The van der Waals surface area contributed by atoms with Gasteiger partial charge >= 0.3 is 0 Å². The molecule has 4 nitrogen and oxygen atoms in total. The van der Waals surface area contributed by atoms with Crippen LogP contribution in [0.5, 0.6) is 0 Å². The number of hydrogen-bond donors (Lipinski definition) is 1. The van der Waals surface area contributed by atoms with Crippen LogP contribution in [0.1, 0.15) is 38.4 Å². The van der Waals surface area contributed by atoms with Gasteiger partial charge < -0.3 is 9.72 Å². The fraction of sp³-hybridized carbons (Fsp3) is 0.600. The van der Waals surface area contributed by atoms with Crippen LogP contribution in [0, 0.1) is 0 Å².